The van der Waals surface area contributed by atoms with Gasteiger partial charge < -0.3 is 17.7 Å². The van der Waals surface area contributed by atoms with Crippen LogP contribution in [0, 0.1) is 58.7 Å². The van der Waals surface area contributed by atoms with Crippen molar-refractivity contribution in [2.75, 3.05) is 0 Å². The molecule has 20 rings (SSSR count). The van der Waals surface area contributed by atoms with Gasteiger partial charge in [-0.15, -0.1) is 0 Å². The first-order valence-electron chi connectivity index (χ1n) is 42.0. The summed E-state index contributed by atoms with van der Waals surface area (Å²) in [5.41, 5.74) is 28.6. The van der Waals surface area contributed by atoms with Crippen molar-refractivity contribution in [2.45, 2.75) is 180 Å². The molecule has 4 aliphatic carbocycles. The van der Waals surface area contributed by atoms with Gasteiger partial charge in [0.05, 0.1) is 53.6 Å². The molecular weight excluding hydrogens is 1430 g/mol. The molecule has 8 heterocycles. The summed E-state index contributed by atoms with van der Waals surface area (Å²) >= 11 is 0. The Morgan fingerprint density at radius 2 is 0.776 bits per heavy atom. The van der Waals surface area contributed by atoms with E-state index in [1.54, 1.807) is 0 Å². The van der Waals surface area contributed by atoms with Crippen LogP contribution in [0.3, 0.4) is 0 Å². The van der Waals surface area contributed by atoms with Gasteiger partial charge in [0.25, 0.3) is 0 Å². The summed E-state index contributed by atoms with van der Waals surface area (Å²) in [5.74, 6) is 2.14. The molecule has 0 N–H and O–H groups in total. The van der Waals surface area contributed by atoms with Crippen LogP contribution in [0.2, 0.25) is 0 Å². The Balaban J connectivity index is 0.000000111. The lowest BCUT2D eigenvalue weighted by atomic mass is 9.80. The number of furan rings is 4. The Bertz CT molecular complexity index is 6620. The third-order valence-electron chi connectivity index (χ3n) is 25.9. The Morgan fingerprint density at radius 1 is 0.345 bits per heavy atom. The lowest BCUT2D eigenvalue weighted by Gasteiger charge is -2.23. The maximum atomic E-state index is 9.81. The van der Waals surface area contributed by atoms with Crippen LogP contribution in [0.25, 0.3) is 147 Å². The Kier molecular flexibility index (Phi) is 21.5. The minimum atomic E-state index is 0.454. The number of benzene rings is 8. The number of aromatic nitrogens is 4. The molecular formula is C104H100N8O4+4. The summed E-state index contributed by atoms with van der Waals surface area (Å²) in [7, 11) is 8.22. The van der Waals surface area contributed by atoms with Gasteiger partial charge in [-0.25, -0.2) is 32.8 Å². The van der Waals surface area contributed by atoms with Crippen LogP contribution in [0.1, 0.15) is 202 Å². The van der Waals surface area contributed by atoms with E-state index in [2.05, 4.69) is 215 Å². The molecule has 4 fully saturated rings. The SMILES string of the molecule is Cc1cc2c(cc1-c1cccc[n+]1C)oc1ccc(C#N)c(C3CCCCC3)c12.[C-]#[N+]c1c(-c2cccc[n+]2C)c(C)cc2c1oc1cccc(C3CCCCC3)c12.[C-]#[N+]c1cc(C2CCCCC2)c2c(c1)oc1cc(-c3cccc[n+]3C)c(C)cc12.[C-]#[N+]c1ccc(C2CCCCC2)c2c1oc1cc(-c3cccc[n+]3C)c(C)cc12. The highest BCUT2D eigenvalue weighted by molar-refractivity contribution is 6.15. The number of fused-ring (bicyclic) bond motifs is 12. The first-order valence-corrected chi connectivity index (χ1v) is 42.0. The summed E-state index contributed by atoms with van der Waals surface area (Å²) in [6, 6.07) is 61.3. The van der Waals surface area contributed by atoms with Crippen molar-refractivity contribution in [1.82, 2.24) is 0 Å². The van der Waals surface area contributed by atoms with Crippen LogP contribution >= 0.6 is 0 Å². The van der Waals surface area contributed by atoms with E-state index in [0.717, 1.165) is 118 Å². The molecule has 16 aromatic rings. The highest BCUT2D eigenvalue weighted by Crippen LogP contribution is 2.51. The number of nitriles is 1. The number of hydrogen-bond donors (Lipinski definition) is 0. The molecule has 576 valence electrons. The molecule has 0 amide bonds. The monoisotopic (exact) mass is 1520 g/mol. The van der Waals surface area contributed by atoms with E-state index in [4.69, 9.17) is 37.4 Å². The molecule has 12 nitrogen and oxygen atoms in total. The largest absolute Gasteiger partial charge is 0.467 e. The minimum absolute atomic E-state index is 0.454. The maximum absolute atomic E-state index is 9.81. The highest BCUT2D eigenvalue weighted by atomic mass is 16.3. The van der Waals surface area contributed by atoms with Crippen molar-refractivity contribution in [3.63, 3.8) is 0 Å². The van der Waals surface area contributed by atoms with Crippen LogP contribution in [0.5, 0.6) is 0 Å². The number of pyridine rings is 4. The van der Waals surface area contributed by atoms with E-state index in [1.807, 2.05) is 73.9 Å². The predicted molar refractivity (Wildman–Crippen MR) is 467 cm³/mol. The third kappa shape index (κ3) is 14.3. The zero-order chi connectivity index (χ0) is 79.8. The maximum Gasteiger partial charge on any atom is 0.243 e. The van der Waals surface area contributed by atoms with Crippen molar-refractivity contribution in [1.29, 1.82) is 5.26 Å². The molecule has 0 aliphatic heterocycles. The zero-order valence-corrected chi connectivity index (χ0v) is 68.1. The van der Waals surface area contributed by atoms with Crippen molar-refractivity contribution in [3.05, 3.63) is 279 Å². The van der Waals surface area contributed by atoms with E-state index < -0.39 is 0 Å². The summed E-state index contributed by atoms with van der Waals surface area (Å²) in [4.78, 5) is 11.4. The number of rotatable bonds is 8. The Labute approximate surface area is 680 Å². The van der Waals surface area contributed by atoms with Gasteiger partial charge in [0.15, 0.2) is 30.5 Å². The smallest absolute Gasteiger partial charge is 0.243 e. The van der Waals surface area contributed by atoms with Crippen LogP contribution in [-0.2, 0) is 28.2 Å². The fraction of sp³-hybridized carbons (Fsp3) is 0.308. The van der Waals surface area contributed by atoms with Crippen molar-refractivity contribution in [2.24, 2.45) is 28.2 Å². The van der Waals surface area contributed by atoms with E-state index in [0.29, 0.717) is 40.7 Å². The molecule has 116 heavy (non-hydrogen) atoms. The molecule has 0 unspecified atom stereocenters. The Morgan fingerprint density at radius 3 is 1.27 bits per heavy atom. The van der Waals surface area contributed by atoms with Crippen LogP contribution in [0.4, 0.5) is 17.1 Å². The van der Waals surface area contributed by atoms with Crippen LogP contribution in [-0.4, -0.2) is 0 Å². The van der Waals surface area contributed by atoms with Crippen molar-refractivity contribution < 1.29 is 35.9 Å². The molecule has 0 spiro atoms. The van der Waals surface area contributed by atoms with E-state index >= 15 is 0 Å². The quantitative estimate of drug-likeness (QED) is 0.111. The number of aryl methyl sites for hydroxylation is 8. The second-order valence-electron chi connectivity index (χ2n) is 33.2. The molecule has 4 aliphatic rings. The molecule has 0 bridgehead atoms. The lowest BCUT2D eigenvalue weighted by molar-refractivity contribution is -0.660. The molecule has 12 heteroatoms. The van der Waals surface area contributed by atoms with Gasteiger partial charge in [0.1, 0.15) is 72.9 Å². The van der Waals surface area contributed by atoms with Gasteiger partial charge in [-0.05, 0) is 238 Å². The average molecular weight is 1530 g/mol. The number of nitrogens with zero attached hydrogens (tertiary/aromatic N) is 8. The predicted octanol–water partition coefficient (Wildman–Crippen LogP) is 27.3. The van der Waals surface area contributed by atoms with Crippen molar-refractivity contribution in [3.8, 4) is 51.1 Å². The molecule has 4 saturated carbocycles. The van der Waals surface area contributed by atoms with Gasteiger partial charge in [-0.3, -0.25) is 0 Å². The van der Waals surface area contributed by atoms with Gasteiger partial charge in [0.2, 0.25) is 34.2 Å². The van der Waals surface area contributed by atoms with Crippen LogP contribution in [0.15, 0.2) is 212 Å². The van der Waals surface area contributed by atoms with Gasteiger partial charge >= 0.3 is 0 Å². The zero-order valence-electron chi connectivity index (χ0n) is 68.1. The van der Waals surface area contributed by atoms with Crippen molar-refractivity contribution >= 4 is 105 Å². The summed E-state index contributed by atoms with van der Waals surface area (Å²) < 4.78 is 33.8. The first kappa shape index (κ1) is 76.2. The van der Waals surface area contributed by atoms with E-state index in [-0.39, 0.29) is 0 Å². The van der Waals surface area contributed by atoms with Gasteiger partial charge in [-0.1, -0.05) is 107 Å². The molecule has 8 aromatic heterocycles. The summed E-state index contributed by atoms with van der Waals surface area (Å²) in [6.07, 6.45) is 33.5. The van der Waals surface area contributed by atoms with E-state index in [1.165, 1.54) is 193 Å². The minimum Gasteiger partial charge on any atom is -0.467 e. The molecule has 0 saturated heterocycles. The van der Waals surface area contributed by atoms with Gasteiger partial charge in [0, 0.05) is 91.6 Å². The average Bonchev–Trinajstić information content (AvgIpc) is 1.59. The fourth-order valence-corrected chi connectivity index (χ4v) is 20.0. The van der Waals surface area contributed by atoms with Crippen LogP contribution < -0.4 is 18.3 Å². The fourth-order valence-electron chi connectivity index (χ4n) is 20.0. The normalized spacial score (nSPS) is 15.1. The van der Waals surface area contributed by atoms with E-state index in [9.17, 15) is 5.26 Å². The lowest BCUT2D eigenvalue weighted by Crippen LogP contribution is -2.30. The van der Waals surface area contributed by atoms with Gasteiger partial charge in [-0.2, -0.15) is 5.26 Å². The second kappa shape index (κ2) is 32.8. The molecule has 0 atom stereocenters. The Hall–Kier alpha value is -12.5. The standard InChI is InChI=1S/4C26H25N2O/c1-17-16-20-24-19(18-10-5-4-6-11-18)12-9-14-22(24)29-26(20)25(27-2)23(17)21-13-7-8-15-28(21)3;1-17-15-21-24(16-20(17)23-11-7-8-14-28(23)3)29-26-22(27-2)13-12-19(25(21)26)18-9-5-4-6-10-18;1-17-13-22-24(16-20(17)23-11-7-8-12-28(23)3)29-25-15-19(27-2)14-21(26(22)25)18-9-5-4-6-10-18;1-17-14-21-24(15-20(17)22-10-6-7-13-28(22)2)29-23-12-11-19(16-27)25(26(21)23)18-8-4-3-5-9-18/h7-9,12-16,18H,4-6,10-11H2,1,3H3;2*7-8,11-16,18H,4-6,9-10H2,1,3H3;6-7,10-15,18H,3-5,8-9H2,1-2H3/q4*+1. The first-order chi connectivity index (χ1) is 56.7. The highest BCUT2D eigenvalue weighted by Gasteiger charge is 2.31. The topological polar surface area (TPSA) is 105 Å². The summed E-state index contributed by atoms with van der Waals surface area (Å²) in [6.45, 7) is 31.7. The number of hydrogen-bond acceptors (Lipinski definition) is 5. The molecule has 0 radical (unpaired) electrons. The second-order valence-corrected chi connectivity index (χ2v) is 33.2. The third-order valence-corrected chi connectivity index (χ3v) is 25.9. The summed E-state index contributed by atoms with van der Waals surface area (Å²) in [5, 5.41) is 19.1. The molecule has 8 aromatic carbocycles.